The Morgan fingerprint density at radius 1 is 1.09 bits per heavy atom. The molecule has 2 aromatic rings. The van der Waals surface area contributed by atoms with Crippen LogP contribution in [0.25, 0.3) is 0 Å². The summed E-state index contributed by atoms with van der Waals surface area (Å²) in [4.78, 5) is 12.1. The lowest BCUT2D eigenvalue weighted by atomic mass is 10.2. The molecular weight excluding hydrogens is 301 g/mol. The van der Waals surface area contributed by atoms with Gasteiger partial charge in [0, 0.05) is 11.6 Å². The third-order valence-corrected chi connectivity index (χ3v) is 3.10. The molecule has 0 spiro atoms. The number of methoxy groups -OCH3 is 2. The lowest BCUT2D eigenvalue weighted by Crippen LogP contribution is -2.28. The van der Waals surface area contributed by atoms with Crippen LogP contribution in [0.1, 0.15) is 10.4 Å². The molecular formula is C17H18FNO4. The molecule has 2 rings (SSSR count). The molecule has 0 aromatic heterocycles. The predicted molar refractivity (Wildman–Crippen MR) is 83.8 cm³/mol. The summed E-state index contributed by atoms with van der Waals surface area (Å²) in [5, 5.41) is 2.72. The van der Waals surface area contributed by atoms with Crippen molar-refractivity contribution in [1.29, 1.82) is 0 Å². The Kier molecular flexibility index (Phi) is 5.80. The molecule has 122 valence electrons. The smallest absolute Gasteiger partial charge is 0.251 e. The van der Waals surface area contributed by atoms with E-state index >= 15 is 0 Å². The van der Waals surface area contributed by atoms with Crippen molar-refractivity contribution in [2.24, 2.45) is 0 Å². The number of hydrogen-bond acceptors (Lipinski definition) is 4. The highest BCUT2D eigenvalue weighted by Crippen LogP contribution is 2.27. The van der Waals surface area contributed by atoms with Crippen molar-refractivity contribution in [3.8, 4) is 17.2 Å². The minimum atomic E-state index is -0.364. The molecule has 0 heterocycles. The van der Waals surface area contributed by atoms with Crippen molar-refractivity contribution < 1.29 is 23.4 Å². The van der Waals surface area contributed by atoms with E-state index in [9.17, 15) is 9.18 Å². The molecule has 0 unspecified atom stereocenters. The number of nitrogens with one attached hydrogen (secondary N) is 1. The van der Waals surface area contributed by atoms with Gasteiger partial charge in [-0.2, -0.15) is 0 Å². The summed E-state index contributed by atoms with van der Waals surface area (Å²) < 4.78 is 28.6. The maximum absolute atomic E-state index is 13.0. The average Bonchev–Trinajstić information content (AvgIpc) is 2.58. The fourth-order valence-electron chi connectivity index (χ4n) is 1.97. The first-order valence-corrected chi connectivity index (χ1v) is 7.02. The number of ether oxygens (including phenoxy) is 3. The largest absolute Gasteiger partial charge is 0.493 e. The Balaban J connectivity index is 1.85. The number of benzene rings is 2. The van der Waals surface area contributed by atoms with Crippen LogP contribution in [0.2, 0.25) is 0 Å². The maximum Gasteiger partial charge on any atom is 0.251 e. The van der Waals surface area contributed by atoms with E-state index in [1.165, 1.54) is 26.4 Å². The van der Waals surface area contributed by atoms with Crippen LogP contribution in [0.3, 0.4) is 0 Å². The fourth-order valence-corrected chi connectivity index (χ4v) is 1.97. The van der Waals surface area contributed by atoms with Crippen LogP contribution in [0.4, 0.5) is 4.39 Å². The fraction of sp³-hybridized carbons (Fsp3) is 0.235. The summed E-state index contributed by atoms with van der Waals surface area (Å²) in [5.41, 5.74) is 0.452. The highest BCUT2D eigenvalue weighted by molar-refractivity contribution is 5.94. The zero-order valence-electron chi connectivity index (χ0n) is 13.0. The molecule has 2 aromatic carbocycles. The molecule has 0 aliphatic rings. The summed E-state index contributed by atoms with van der Waals surface area (Å²) in [6.45, 7) is 0.534. The lowest BCUT2D eigenvalue weighted by Gasteiger charge is -2.10. The summed E-state index contributed by atoms with van der Waals surface area (Å²) in [7, 11) is 3.04. The molecule has 1 N–H and O–H groups in total. The minimum absolute atomic E-state index is 0.239. The third kappa shape index (κ3) is 4.60. The first-order chi connectivity index (χ1) is 11.1. The number of rotatable bonds is 7. The number of carbonyl (C=O) groups is 1. The van der Waals surface area contributed by atoms with Gasteiger partial charge in [-0.3, -0.25) is 4.79 Å². The minimum Gasteiger partial charge on any atom is -0.493 e. The molecule has 0 atom stereocenters. The van der Waals surface area contributed by atoms with E-state index < -0.39 is 0 Å². The number of hydrogen-bond donors (Lipinski definition) is 1. The number of amides is 1. The van der Waals surface area contributed by atoms with Gasteiger partial charge in [0.2, 0.25) is 0 Å². The van der Waals surface area contributed by atoms with Gasteiger partial charge in [0.05, 0.1) is 20.8 Å². The molecule has 0 saturated carbocycles. The quantitative estimate of drug-likeness (QED) is 0.797. The van der Waals surface area contributed by atoms with Crippen LogP contribution in [-0.4, -0.2) is 33.3 Å². The Morgan fingerprint density at radius 2 is 1.87 bits per heavy atom. The Morgan fingerprint density at radius 3 is 2.57 bits per heavy atom. The Labute approximate surface area is 134 Å². The number of halogens is 1. The van der Waals surface area contributed by atoms with Gasteiger partial charge in [-0.25, -0.2) is 4.39 Å². The first kappa shape index (κ1) is 16.6. The molecule has 0 bridgehead atoms. The molecule has 0 fully saturated rings. The van der Waals surface area contributed by atoms with E-state index in [2.05, 4.69) is 5.32 Å². The van der Waals surface area contributed by atoms with Gasteiger partial charge in [-0.15, -0.1) is 0 Å². The van der Waals surface area contributed by atoms with Crippen molar-refractivity contribution >= 4 is 5.91 Å². The second kappa shape index (κ2) is 8.03. The van der Waals surface area contributed by atoms with Crippen molar-refractivity contribution in [2.75, 3.05) is 27.4 Å². The van der Waals surface area contributed by atoms with E-state index in [1.807, 2.05) is 0 Å². The van der Waals surface area contributed by atoms with Crippen LogP contribution in [0, 0.1) is 5.82 Å². The van der Waals surface area contributed by atoms with Crippen LogP contribution < -0.4 is 19.5 Å². The average molecular weight is 319 g/mol. The van der Waals surface area contributed by atoms with Gasteiger partial charge in [0.15, 0.2) is 11.5 Å². The zero-order chi connectivity index (χ0) is 16.7. The molecule has 23 heavy (non-hydrogen) atoms. The van der Waals surface area contributed by atoms with E-state index in [0.29, 0.717) is 29.4 Å². The normalized spacial score (nSPS) is 10.0. The molecule has 0 radical (unpaired) electrons. The molecule has 0 aliphatic carbocycles. The Bertz CT molecular complexity index is 675. The highest BCUT2D eigenvalue weighted by atomic mass is 19.1. The third-order valence-electron chi connectivity index (χ3n) is 3.10. The number of carbonyl (C=O) groups excluding carboxylic acids is 1. The molecule has 0 aliphatic heterocycles. The maximum atomic E-state index is 13.0. The molecule has 6 heteroatoms. The summed E-state index contributed by atoms with van der Waals surface area (Å²) in [6, 6.07) is 10.7. The SMILES string of the molecule is COc1ccc(C(=O)NCCOc2cccc(F)c2)cc1OC. The van der Waals surface area contributed by atoms with E-state index in [4.69, 9.17) is 14.2 Å². The van der Waals surface area contributed by atoms with Crippen molar-refractivity contribution in [1.82, 2.24) is 5.32 Å². The van der Waals surface area contributed by atoms with Crippen LogP contribution >= 0.6 is 0 Å². The summed E-state index contributed by atoms with van der Waals surface area (Å²) >= 11 is 0. The summed E-state index contributed by atoms with van der Waals surface area (Å²) in [6.07, 6.45) is 0. The monoisotopic (exact) mass is 319 g/mol. The van der Waals surface area contributed by atoms with E-state index in [-0.39, 0.29) is 18.3 Å². The van der Waals surface area contributed by atoms with Crippen LogP contribution in [-0.2, 0) is 0 Å². The van der Waals surface area contributed by atoms with Crippen LogP contribution in [0.5, 0.6) is 17.2 Å². The Hall–Kier alpha value is -2.76. The standard InChI is InChI=1S/C17H18FNO4/c1-21-15-7-6-12(10-16(15)22-2)17(20)19-8-9-23-14-5-3-4-13(18)11-14/h3-7,10-11H,8-9H2,1-2H3,(H,19,20). The van der Waals surface area contributed by atoms with Gasteiger partial charge >= 0.3 is 0 Å². The van der Waals surface area contributed by atoms with E-state index in [0.717, 1.165) is 0 Å². The van der Waals surface area contributed by atoms with Crippen molar-refractivity contribution in [3.05, 3.63) is 53.8 Å². The van der Waals surface area contributed by atoms with Crippen molar-refractivity contribution in [2.45, 2.75) is 0 Å². The van der Waals surface area contributed by atoms with Crippen molar-refractivity contribution in [3.63, 3.8) is 0 Å². The molecule has 5 nitrogen and oxygen atoms in total. The predicted octanol–water partition coefficient (Wildman–Crippen LogP) is 2.65. The lowest BCUT2D eigenvalue weighted by molar-refractivity contribution is 0.0946. The first-order valence-electron chi connectivity index (χ1n) is 7.02. The van der Waals surface area contributed by atoms with E-state index in [1.54, 1.807) is 30.3 Å². The van der Waals surface area contributed by atoms with Gasteiger partial charge in [0.25, 0.3) is 5.91 Å². The van der Waals surface area contributed by atoms with Gasteiger partial charge < -0.3 is 19.5 Å². The van der Waals surface area contributed by atoms with Gasteiger partial charge in [-0.1, -0.05) is 6.07 Å². The van der Waals surface area contributed by atoms with Gasteiger partial charge in [-0.05, 0) is 30.3 Å². The van der Waals surface area contributed by atoms with Gasteiger partial charge in [0.1, 0.15) is 18.2 Å². The molecule has 1 amide bonds. The highest BCUT2D eigenvalue weighted by Gasteiger charge is 2.10. The van der Waals surface area contributed by atoms with Crippen LogP contribution in [0.15, 0.2) is 42.5 Å². The second-order valence-corrected chi connectivity index (χ2v) is 4.63. The summed E-state index contributed by atoms with van der Waals surface area (Å²) in [5.74, 6) is 0.839. The topological polar surface area (TPSA) is 56.8 Å². The molecule has 0 saturated heterocycles. The second-order valence-electron chi connectivity index (χ2n) is 4.63. The zero-order valence-corrected chi connectivity index (χ0v) is 13.0.